The molecule has 0 unspecified atom stereocenters. The summed E-state index contributed by atoms with van der Waals surface area (Å²) in [7, 11) is 0. The SMILES string of the molecule is Cc1c2c(c3ccnn3c1C)CN(C(=O)CC1CN(c3ccnc(C(F)(F)F)c3)C1)C2. The van der Waals surface area contributed by atoms with Crippen LogP contribution in [0.2, 0.25) is 0 Å². The number of halogens is 3. The van der Waals surface area contributed by atoms with Gasteiger partial charge in [-0.25, -0.2) is 4.52 Å². The lowest BCUT2D eigenvalue weighted by molar-refractivity contribution is -0.141. The molecular weight excluding hydrogens is 407 g/mol. The Labute approximate surface area is 177 Å². The Hall–Kier alpha value is -3.10. The Kier molecular flexibility index (Phi) is 4.46. The summed E-state index contributed by atoms with van der Waals surface area (Å²) in [6.07, 6.45) is -1.11. The van der Waals surface area contributed by atoms with Crippen molar-refractivity contribution in [1.82, 2.24) is 19.5 Å². The van der Waals surface area contributed by atoms with Crippen LogP contribution in [0.1, 0.15) is 34.5 Å². The normalized spacial score (nSPS) is 16.7. The maximum atomic E-state index is 12.9. The van der Waals surface area contributed by atoms with Gasteiger partial charge in [0.15, 0.2) is 0 Å². The third-order valence-corrected chi connectivity index (χ3v) is 6.50. The molecule has 1 amide bonds. The topological polar surface area (TPSA) is 53.7 Å². The number of alkyl halides is 3. The molecule has 5 heterocycles. The molecule has 1 saturated heterocycles. The molecule has 0 aliphatic carbocycles. The summed E-state index contributed by atoms with van der Waals surface area (Å²) < 4.78 is 40.6. The lowest BCUT2D eigenvalue weighted by atomic mass is 9.95. The van der Waals surface area contributed by atoms with Gasteiger partial charge in [-0.2, -0.15) is 18.3 Å². The average Bonchev–Trinajstić information content (AvgIpc) is 3.35. The highest BCUT2D eigenvalue weighted by molar-refractivity contribution is 5.79. The predicted molar refractivity (Wildman–Crippen MR) is 108 cm³/mol. The molecule has 9 heteroatoms. The van der Waals surface area contributed by atoms with E-state index in [-0.39, 0.29) is 11.8 Å². The van der Waals surface area contributed by atoms with Gasteiger partial charge in [-0.3, -0.25) is 9.78 Å². The van der Waals surface area contributed by atoms with Gasteiger partial charge in [-0.05, 0) is 43.2 Å². The lowest BCUT2D eigenvalue weighted by Gasteiger charge is -2.41. The van der Waals surface area contributed by atoms with Crippen molar-refractivity contribution in [2.24, 2.45) is 5.92 Å². The highest BCUT2D eigenvalue weighted by Crippen LogP contribution is 2.35. The number of fused-ring (bicyclic) bond motifs is 3. The number of nitrogens with zero attached hydrogens (tertiary/aromatic N) is 5. The maximum absolute atomic E-state index is 12.9. The number of aromatic nitrogens is 3. The largest absolute Gasteiger partial charge is 0.433 e. The minimum Gasteiger partial charge on any atom is -0.371 e. The number of rotatable bonds is 3. The quantitative estimate of drug-likeness (QED) is 0.637. The molecule has 0 atom stereocenters. The van der Waals surface area contributed by atoms with Crippen LogP contribution < -0.4 is 4.90 Å². The lowest BCUT2D eigenvalue weighted by Crippen LogP contribution is -2.48. The van der Waals surface area contributed by atoms with Crippen molar-refractivity contribution >= 4 is 17.1 Å². The fraction of sp³-hybridized carbons (Fsp3) is 0.409. The second kappa shape index (κ2) is 6.96. The second-order valence-corrected chi connectivity index (χ2v) is 8.42. The van der Waals surface area contributed by atoms with Gasteiger partial charge in [0.2, 0.25) is 5.91 Å². The molecule has 5 rings (SSSR count). The summed E-state index contributed by atoms with van der Waals surface area (Å²) in [6, 6.07) is 4.62. The van der Waals surface area contributed by atoms with E-state index in [1.807, 2.05) is 27.3 Å². The zero-order valence-electron chi connectivity index (χ0n) is 17.3. The number of hydrogen-bond acceptors (Lipinski definition) is 4. The third kappa shape index (κ3) is 3.32. The molecule has 162 valence electrons. The van der Waals surface area contributed by atoms with E-state index in [1.54, 1.807) is 12.3 Å². The summed E-state index contributed by atoms with van der Waals surface area (Å²) in [4.78, 5) is 20.1. The maximum Gasteiger partial charge on any atom is 0.433 e. The van der Waals surface area contributed by atoms with E-state index in [4.69, 9.17) is 0 Å². The van der Waals surface area contributed by atoms with Gasteiger partial charge in [0.1, 0.15) is 5.69 Å². The molecule has 0 N–H and O–H groups in total. The van der Waals surface area contributed by atoms with Crippen LogP contribution in [0.25, 0.3) is 5.52 Å². The van der Waals surface area contributed by atoms with E-state index in [0.717, 1.165) is 28.4 Å². The van der Waals surface area contributed by atoms with Crippen LogP contribution in [0.5, 0.6) is 0 Å². The van der Waals surface area contributed by atoms with E-state index in [9.17, 15) is 18.0 Å². The Morgan fingerprint density at radius 3 is 2.61 bits per heavy atom. The van der Waals surface area contributed by atoms with Gasteiger partial charge in [0, 0.05) is 67.9 Å². The number of pyridine rings is 2. The van der Waals surface area contributed by atoms with E-state index in [0.29, 0.717) is 38.3 Å². The Balaban J connectivity index is 1.23. The van der Waals surface area contributed by atoms with E-state index < -0.39 is 11.9 Å². The predicted octanol–water partition coefficient (Wildman–Crippen LogP) is 3.73. The van der Waals surface area contributed by atoms with Gasteiger partial charge in [-0.15, -0.1) is 0 Å². The van der Waals surface area contributed by atoms with Crippen LogP contribution in [-0.2, 0) is 24.1 Å². The Bertz CT molecular complexity index is 1180. The molecule has 6 nitrogen and oxygen atoms in total. The monoisotopic (exact) mass is 429 g/mol. The molecule has 0 spiro atoms. The Morgan fingerprint density at radius 2 is 1.87 bits per heavy atom. The summed E-state index contributed by atoms with van der Waals surface area (Å²) >= 11 is 0. The first-order chi connectivity index (χ1) is 14.7. The van der Waals surface area contributed by atoms with Crippen molar-refractivity contribution in [3.05, 3.63) is 58.7 Å². The van der Waals surface area contributed by atoms with E-state index >= 15 is 0 Å². The van der Waals surface area contributed by atoms with E-state index in [1.165, 1.54) is 11.8 Å². The fourth-order valence-corrected chi connectivity index (χ4v) is 4.62. The van der Waals surface area contributed by atoms with Crippen molar-refractivity contribution in [2.75, 3.05) is 18.0 Å². The molecule has 31 heavy (non-hydrogen) atoms. The van der Waals surface area contributed by atoms with Crippen molar-refractivity contribution in [1.29, 1.82) is 0 Å². The number of carbonyl (C=O) groups is 1. The zero-order valence-corrected chi connectivity index (χ0v) is 17.3. The van der Waals surface area contributed by atoms with E-state index in [2.05, 4.69) is 17.0 Å². The Morgan fingerprint density at radius 1 is 1.13 bits per heavy atom. The minimum absolute atomic E-state index is 0.0845. The first-order valence-electron chi connectivity index (χ1n) is 10.2. The van der Waals surface area contributed by atoms with Gasteiger partial charge in [-0.1, -0.05) is 0 Å². The molecule has 0 saturated carbocycles. The molecule has 3 aromatic rings. The van der Waals surface area contributed by atoms with Crippen molar-refractivity contribution in [3.63, 3.8) is 0 Å². The van der Waals surface area contributed by atoms with Crippen LogP contribution in [0.4, 0.5) is 18.9 Å². The number of hydrogen-bond donors (Lipinski definition) is 0. The first kappa shape index (κ1) is 19.8. The van der Waals surface area contributed by atoms with Gasteiger partial charge >= 0.3 is 6.18 Å². The number of carbonyl (C=O) groups excluding carboxylic acids is 1. The molecule has 3 aromatic heterocycles. The standard InChI is InChI=1S/C22H22F3N5O/c1-13-14(2)30-19(4-6-27-30)18-12-29(11-17(13)18)21(31)7-15-9-28(10-15)16-3-5-26-20(8-16)22(23,24)25/h3-6,8,15H,7,9-12H2,1-2H3. The molecule has 0 radical (unpaired) electrons. The summed E-state index contributed by atoms with van der Waals surface area (Å²) in [5.41, 5.74) is 5.24. The molecule has 1 fully saturated rings. The smallest absolute Gasteiger partial charge is 0.371 e. The molecule has 0 aromatic carbocycles. The van der Waals surface area contributed by atoms with Crippen LogP contribution in [0.3, 0.4) is 0 Å². The molecule has 2 aliphatic heterocycles. The van der Waals surface area contributed by atoms with Gasteiger partial charge in [0.05, 0.1) is 5.52 Å². The molecular formula is C22H22F3N5O. The molecule has 0 bridgehead atoms. The average molecular weight is 429 g/mol. The summed E-state index contributed by atoms with van der Waals surface area (Å²) in [5, 5.41) is 4.39. The van der Waals surface area contributed by atoms with Gasteiger partial charge in [0.25, 0.3) is 0 Å². The van der Waals surface area contributed by atoms with Gasteiger partial charge < -0.3 is 9.80 Å². The van der Waals surface area contributed by atoms with Crippen LogP contribution in [0, 0.1) is 19.8 Å². The number of amides is 1. The highest BCUT2D eigenvalue weighted by Gasteiger charge is 2.36. The van der Waals surface area contributed by atoms with Crippen molar-refractivity contribution in [3.8, 4) is 0 Å². The third-order valence-electron chi connectivity index (χ3n) is 6.50. The molecule has 2 aliphatic rings. The van der Waals surface area contributed by atoms with Crippen molar-refractivity contribution < 1.29 is 18.0 Å². The second-order valence-electron chi connectivity index (χ2n) is 8.42. The summed E-state index contributed by atoms with van der Waals surface area (Å²) in [5.74, 6) is 0.220. The van der Waals surface area contributed by atoms with Crippen molar-refractivity contribution in [2.45, 2.75) is 39.5 Å². The summed E-state index contributed by atoms with van der Waals surface area (Å²) in [6.45, 7) is 6.40. The first-order valence-corrected chi connectivity index (χ1v) is 10.2. The fourth-order valence-electron chi connectivity index (χ4n) is 4.62. The minimum atomic E-state index is -4.46. The number of aryl methyl sites for hydroxylation is 1. The zero-order chi connectivity index (χ0) is 21.9. The van der Waals surface area contributed by atoms with Crippen LogP contribution in [0.15, 0.2) is 30.6 Å². The highest BCUT2D eigenvalue weighted by atomic mass is 19.4. The number of anilines is 1. The van der Waals surface area contributed by atoms with Crippen LogP contribution >= 0.6 is 0 Å². The van der Waals surface area contributed by atoms with Crippen LogP contribution in [-0.4, -0.2) is 38.5 Å².